The number of nitrogens with zero attached hydrogens (tertiary/aromatic N) is 3. The number of rotatable bonds is 5. The van der Waals surface area contributed by atoms with Gasteiger partial charge in [-0.15, -0.1) is 0 Å². The number of carbonyl (C=O) groups is 1. The number of hydrogen-bond acceptors (Lipinski definition) is 5. The Morgan fingerprint density at radius 1 is 1.14 bits per heavy atom. The van der Waals surface area contributed by atoms with Gasteiger partial charge in [0.2, 0.25) is 5.91 Å². The maximum Gasteiger partial charge on any atom is 0.267 e. The summed E-state index contributed by atoms with van der Waals surface area (Å²) in [7, 11) is 0. The van der Waals surface area contributed by atoms with Crippen LogP contribution in [0.5, 0.6) is 0 Å². The zero-order valence-electron chi connectivity index (χ0n) is 15.6. The van der Waals surface area contributed by atoms with Crippen LogP contribution in [0.4, 0.5) is 4.39 Å². The van der Waals surface area contributed by atoms with Crippen molar-refractivity contribution in [3.63, 3.8) is 0 Å². The van der Waals surface area contributed by atoms with E-state index in [1.165, 1.54) is 35.2 Å². The lowest BCUT2D eigenvalue weighted by atomic mass is 10.1. The fourth-order valence-electron chi connectivity index (χ4n) is 2.92. The summed E-state index contributed by atoms with van der Waals surface area (Å²) in [6.07, 6.45) is 1.25. The second-order valence-electron chi connectivity index (χ2n) is 6.66. The number of amides is 1. The Labute approximate surface area is 164 Å². The molecule has 0 aliphatic heterocycles. The normalized spacial score (nSPS) is 11.0. The van der Waals surface area contributed by atoms with E-state index in [1.807, 2.05) is 31.2 Å². The predicted molar refractivity (Wildman–Crippen MR) is 104 cm³/mol. The van der Waals surface area contributed by atoms with Crippen molar-refractivity contribution >= 4 is 17.0 Å². The van der Waals surface area contributed by atoms with Gasteiger partial charge < -0.3 is 9.84 Å². The number of aryl methyl sites for hydroxylation is 1. The Hall–Kier alpha value is -3.81. The fourth-order valence-corrected chi connectivity index (χ4v) is 2.92. The van der Waals surface area contributed by atoms with E-state index in [0.29, 0.717) is 12.1 Å². The van der Waals surface area contributed by atoms with Gasteiger partial charge in [-0.3, -0.25) is 14.2 Å². The van der Waals surface area contributed by atoms with Gasteiger partial charge in [-0.1, -0.05) is 35.0 Å². The van der Waals surface area contributed by atoms with Crippen LogP contribution in [-0.4, -0.2) is 20.6 Å². The summed E-state index contributed by atoms with van der Waals surface area (Å²) < 4.78 is 19.5. The minimum absolute atomic E-state index is 0.0608. The molecule has 146 valence electrons. The maximum atomic E-state index is 13.2. The molecule has 0 fully saturated rings. The van der Waals surface area contributed by atoms with Crippen molar-refractivity contribution in [3.05, 3.63) is 82.2 Å². The van der Waals surface area contributed by atoms with Crippen LogP contribution >= 0.6 is 0 Å². The number of hydrogen-bond donors (Lipinski definition) is 1. The van der Waals surface area contributed by atoms with E-state index >= 15 is 0 Å². The second kappa shape index (κ2) is 7.67. The van der Waals surface area contributed by atoms with E-state index in [9.17, 15) is 14.0 Å². The lowest BCUT2D eigenvalue weighted by Gasteiger charge is -2.07. The van der Waals surface area contributed by atoms with Crippen molar-refractivity contribution < 1.29 is 13.7 Å². The van der Waals surface area contributed by atoms with Gasteiger partial charge >= 0.3 is 0 Å². The van der Waals surface area contributed by atoms with Gasteiger partial charge in [0.05, 0.1) is 0 Å². The third-order valence-electron chi connectivity index (χ3n) is 4.51. The molecule has 2 aromatic carbocycles. The van der Waals surface area contributed by atoms with Crippen LogP contribution in [0.2, 0.25) is 0 Å². The summed E-state index contributed by atoms with van der Waals surface area (Å²) in [5, 5.41) is 6.81. The monoisotopic (exact) mass is 392 g/mol. The fraction of sp³-hybridized carbons (Fsp3) is 0.143. The largest absolute Gasteiger partial charge is 0.350 e. The highest BCUT2D eigenvalue weighted by atomic mass is 19.1. The molecule has 4 rings (SSSR count). The molecule has 0 atom stereocenters. The minimum Gasteiger partial charge on any atom is -0.350 e. The van der Waals surface area contributed by atoms with E-state index in [-0.39, 0.29) is 29.2 Å². The number of fused-ring (bicyclic) bond motifs is 1. The van der Waals surface area contributed by atoms with Crippen LogP contribution in [0.1, 0.15) is 11.1 Å². The van der Waals surface area contributed by atoms with Gasteiger partial charge in [-0.25, -0.2) is 9.37 Å². The van der Waals surface area contributed by atoms with Crippen LogP contribution in [0.25, 0.3) is 22.4 Å². The van der Waals surface area contributed by atoms with E-state index in [1.54, 1.807) is 0 Å². The van der Waals surface area contributed by atoms with Crippen molar-refractivity contribution in [1.29, 1.82) is 0 Å². The van der Waals surface area contributed by atoms with Crippen LogP contribution < -0.4 is 10.9 Å². The Bertz CT molecular complexity index is 1230. The van der Waals surface area contributed by atoms with Crippen LogP contribution in [0, 0.1) is 12.7 Å². The van der Waals surface area contributed by atoms with Gasteiger partial charge in [-0.2, -0.15) is 0 Å². The second-order valence-corrected chi connectivity index (χ2v) is 6.66. The van der Waals surface area contributed by atoms with E-state index in [2.05, 4.69) is 15.5 Å². The average molecular weight is 392 g/mol. The van der Waals surface area contributed by atoms with Crippen molar-refractivity contribution in [3.8, 4) is 11.3 Å². The molecule has 0 spiro atoms. The maximum absolute atomic E-state index is 13.2. The molecular weight excluding hydrogens is 375 g/mol. The summed E-state index contributed by atoms with van der Waals surface area (Å²) >= 11 is 0. The van der Waals surface area contributed by atoms with Crippen LogP contribution in [0.15, 0.2) is 64.2 Å². The molecule has 2 aromatic heterocycles. The lowest BCUT2D eigenvalue weighted by molar-refractivity contribution is -0.121. The summed E-state index contributed by atoms with van der Waals surface area (Å²) in [6.45, 7) is 2.15. The molecule has 2 heterocycles. The first-order chi connectivity index (χ1) is 14.0. The molecule has 0 aliphatic rings. The number of nitrogens with one attached hydrogen (secondary N) is 1. The lowest BCUT2D eigenvalue weighted by Crippen LogP contribution is -2.32. The molecule has 0 saturated heterocycles. The number of halogens is 1. The van der Waals surface area contributed by atoms with Gasteiger partial charge in [0.25, 0.3) is 11.3 Å². The Morgan fingerprint density at radius 3 is 2.59 bits per heavy atom. The molecule has 0 saturated carbocycles. The number of aromatic nitrogens is 3. The van der Waals surface area contributed by atoms with Gasteiger partial charge in [0.1, 0.15) is 29.8 Å². The molecule has 8 heteroatoms. The summed E-state index contributed by atoms with van der Waals surface area (Å²) in [5.74, 6) is -0.726. The Kier molecular flexibility index (Phi) is 4.90. The molecule has 4 aromatic rings. The Balaban J connectivity index is 1.56. The Morgan fingerprint density at radius 2 is 1.86 bits per heavy atom. The zero-order chi connectivity index (χ0) is 20.4. The quantitative estimate of drug-likeness (QED) is 0.564. The summed E-state index contributed by atoms with van der Waals surface area (Å²) in [4.78, 5) is 29.2. The topological polar surface area (TPSA) is 90.0 Å². The van der Waals surface area contributed by atoms with Gasteiger partial charge in [0.15, 0.2) is 0 Å². The smallest absolute Gasteiger partial charge is 0.267 e. The molecular formula is C21H17FN4O3. The number of carbonyl (C=O) groups excluding carboxylic acids is 1. The predicted octanol–water partition coefficient (Wildman–Crippen LogP) is 2.82. The van der Waals surface area contributed by atoms with Crippen LogP contribution in [0.3, 0.4) is 0 Å². The molecule has 1 N–H and O–H groups in total. The van der Waals surface area contributed by atoms with Crippen molar-refractivity contribution in [2.45, 2.75) is 20.0 Å². The molecule has 1 amide bonds. The molecule has 0 radical (unpaired) electrons. The SMILES string of the molecule is Cc1ccc(CNC(=O)Cn2cnc3onc(-c4ccc(F)cc4)c3c2=O)cc1. The van der Waals surface area contributed by atoms with Crippen LogP contribution in [-0.2, 0) is 17.9 Å². The standard InChI is InChI=1S/C21H17FN4O3/c1-13-2-4-14(5-3-13)10-23-17(27)11-26-12-24-20-18(21(26)28)19(25-29-20)15-6-8-16(22)9-7-15/h2-9,12H,10-11H2,1H3,(H,23,27). The summed E-state index contributed by atoms with van der Waals surface area (Å²) in [6, 6.07) is 13.3. The number of benzene rings is 2. The highest BCUT2D eigenvalue weighted by Crippen LogP contribution is 2.24. The molecule has 0 unspecified atom stereocenters. The molecule has 7 nitrogen and oxygen atoms in total. The molecule has 0 bridgehead atoms. The van der Waals surface area contributed by atoms with Crippen molar-refractivity contribution in [2.75, 3.05) is 0 Å². The van der Waals surface area contributed by atoms with E-state index < -0.39 is 11.4 Å². The zero-order valence-corrected chi connectivity index (χ0v) is 15.6. The first-order valence-corrected chi connectivity index (χ1v) is 8.94. The first-order valence-electron chi connectivity index (χ1n) is 8.94. The molecule has 0 aliphatic carbocycles. The van der Waals surface area contributed by atoms with E-state index in [4.69, 9.17) is 4.52 Å². The third kappa shape index (κ3) is 3.91. The van der Waals surface area contributed by atoms with Gasteiger partial charge in [-0.05, 0) is 36.8 Å². The van der Waals surface area contributed by atoms with Crippen molar-refractivity contribution in [1.82, 2.24) is 20.0 Å². The summed E-state index contributed by atoms with van der Waals surface area (Å²) in [5.41, 5.74) is 2.48. The highest BCUT2D eigenvalue weighted by molar-refractivity contribution is 5.88. The minimum atomic E-state index is -0.457. The first kappa shape index (κ1) is 18.5. The molecule has 29 heavy (non-hydrogen) atoms. The van der Waals surface area contributed by atoms with Crippen molar-refractivity contribution in [2.24, 2.45) is 0 Å². The highest BCUT2D eigenvalue weighted by Gasteiger charge is 2.18. The third-order valence-corrected chi connectivity index (χ3v) is 4.51. The van der Waals surface area contributed by atoms with E-state index in [0.717, 1.165) is 11.1 Å². The average Bonchev–Trinajstić information content (AvgIpc) is 3.15. The van der Waals surface area contributed by atoms with Gasteiger partial charge in [0, 0.05) is 12.1 Å².